The largest absolute Gasteiger partial charge is 0.495 e. The van der Waals surface area contributed by atoms with Crippen LogP contribution in [0.3, 0.4) is 0 Å². The molecule has 7 heteroatoms. The normalized spacial score (nSPS) is 16.7. The van der Waals surface area contributed by atoms with Crippen LogP contribution in [-0.4, -0.2) is 46.0 Å². The molecule has 1 N–H and O–H groups in total. The number of nitrogens with one attached hydrogen (secondary N) is 1. The molecule has 1 fully saturated rings. The summed E-state index contributed by atoms with van der Waals surface area (Å²) in [5.74, 6) is -0.480. The van der Waals surface area contributed by atoms with E-state index in [0.717, 1.165) is 31.8 Å². The van der Waals surface area contributed by atoms with Crippen LogP contribution in [0.2, 0.25) is 0 Å². The van der Waals surface area contributed by atoms with Gasteiger partial charge < -0.3 is 9.64 Å². The van der Waals surface area contributed by atoms with Crippen molar-refractivity contribution in [3.8, 4) is 5.75 Å². The van der Waals surface area contributed by atoms with E-state index in [4.69, 9.17) is 4.74 Å². The molecule has 0 radical (unpaired) electrons. The first-order chi connectivity index (χ1) is 12.0. The number of hydrogen-bond donors (Lipinski definition) is 1. The van der Waals surface area contributed by atoms with Gasteiger partial charge in [-0.2, -0.15) is 4.31 Å². The van der Waals surface area contributed by atoms with Gasteiger partial charge in [-0.1, -0.05) is 30.3 Å². The second-order valence-corrected chi connectivity index (χ2v) is 8.02. The topological polar surface area (TPSA) is 51.1 Å². The van der Waals surface area contributed by atoms with E-state index in [-0.39, 0.29) is 10.6 Å². The fraction of sp³-hybridized carbons (Fsp3) is 0.333. The molecule has 0 aliphatic carbocycles. The maximum atomic E-state index is 13.3. The Morgan fingerprint density at radius 2 is 1.80 bits per heavy atom. The minimum atomic E-state index is -3.69. The summed E-state index contributed by atoms with van der Waals surface area (Å²) >= 11 is 0. The Labute approximate surface area is 147 Å². The van der Waals surface area contributed by atoms with Crippen molar-refractivity contribution in [2.24, 2.45) is 0 Å². The van der Waals surface area contributed by atoms with Gasteiger partial charge in [0.2, 0.25) is 10.0 Å². The molecule has 0 amide bonds. The molecule has 1 heterocycles. The van der Waals surface area contributed by atoms with Crippen molar-refractivity contribution < 1.29 is 22.4 Å². The number of sulfonamides is 1. The molecular weight excluding hydrogens is 343 g/mol. The fourth-order valence-corrected chi connectivity index (χ4v) is 4.68. The Kier molecular flexibility index (Phi) is 5.36. The third-order valence-electron chi connectivity index (χ3n) is 4.47. The van der Waals surface area contributed by atoms with Crippen molar-refractivity contribution in [2.45, 2.75) is 11.4 Å². The van der Waals surface area contributed by atoms with E-state index in [1.807, 2.05) is 18.2 Å². The number of methoxy groups -OCH3 is 1. The molecule has 2 aromatic carbocycles. The van der Waals surface area contributed by atoms with E-state index in [0.29, 0.717) is 13.1 Å². The van der Waals surface area contributed by atoms with Crippen molar-refractivity contribution in [3.63, 3.8) is 0 Å². The molecular formula is C18H22FN2O3S+. The molecule has 0 unspecified atom stereocenters. The summed E-state index contributed by atoms with van der Waals surface area (Å²) in [5, 5.41) is 0. The van der Waals surface area contributed by atoms with Gasteiger partial charge in [-0.15, -0.1) is 0 Å². The van der Waals surface area contributed by atoms with Gasteiger partial charge in [0.1, 0.15) is 23.0 Å². The summed E-state index contributed by atoms with van der Waals surface area (Å²) in [5.41, 5.74) is 1.24. The van der Waals surface area contributed by atoms with Gasteiger partial charge in [-0.05, 0) is 12.1 Å². The minimum absolute atomic E-state index is 0.0166. The first-order valence-electron chi connectivity index (χ1n) is 8.22. The summed E-state index contributed by atoms with van der Waals surface area (Å²) in [6.45, 7) is 3.22. The number of rotatable bonds is 5. The fourth-order valence-electron chi connectivity index (χ4n) is 3.10. The van der Waals surface area contributed by atoms with Crippen LogP contribution in [0, 0.1) is 5.82 Å². The lowest BCUT2D eigenvalue weighted by molar-refractivity contribution is -0.917. The number of nitrogens with zero attached hydrogens (tertiary/aromatic N) is 1. The number of halogens is 1. The second kappa shape index (κ2) is 7.51. The number of hydrogen-bond acceptors (Lipinski definition) is 3. The Bertz CT molecular complexity index is 819. The van der Waals surface area contributed by atoms with Crippen LogP contribution in [0.25, 0.3) is 0 Å². The van der Waals surface area contributed by atoms with Crippen LogP contribution in [0.4, 0.5) is 4.39 Å². The van der Waals surface area contributed by atoms with E-state index in [9.17, 15) is 12.8 Å². The summed E-state index contributed by atoms with van der Waals surface area (Å²) < 4.78 is 45.6. The molecule has 0 aromatic heterocycles. The molecule has 0 atom stereocenters. The highest BCUT2D eigenvalue weighted by molar-refractivity contribution is 7.89. The lowest BCUT2D eigenvalue weighted by Crippen LogP contribution is -3.13. The van der Waals surface area contributed by atoms with Gasteiger partial charge in [0, 0.05) is 11.6 Å². The summed E-state index contributed by atoms with van der Waals surface area (Å²) in [6, 6.07) is 13.7. The average Bonchev–Trinajstić information content (AvgIpc) is 2.62. The zero-order valence-corrected chi connectivity index (χ0v) is 14.9. The van der Waals surface area contributed by atoms with Crippen LogP contribution in [0.1, 0.15) is 5.56 Å². The lowest BCUT2D eigenvalue weighted by atomic mass is 10.2. The van der Waals surface area contributed by atoms with Crippen molar-refractivity contribution in [1.82, 2.24) is 4.31 Å². The highest BCUT2D eigenvalue weighted by Crippen LogP contribution is 2.27. The maximum Gasteiger partial charge on any atom is 0.247 e. The first-order valence-corrected chi connectivity index (χ1v) is 9.66. The number of quaternary nitrogens is 1. The van der Waals surface area contributed by atoms with E-state index in [2.05, 4.69) is 12.1 Å². The predicted octanol–water partition coefficient (Wildman–Crippen LogP) is 0.924. The molecule has 2 aromatic rings. The standard InChI is InChI=1S/C18H21FN2O3S/c1-24-17-13-16(19)7-8-18(17)25(22,23)21-11-9-20(10-12-21)14-15-5-3-2-4-6-15/h2-8,13H,9-12,14H2,1H3/p+1. The van der Waals surface area contributed by atoms with Crippen molar-refractivity contribution >= 4 is 10.0 Å². The number of ether oxygens (including phenoxy) is 1. The first kappa shape index (κ1) is 17.8. The molecule has 1 aliphatic heterocycles. The monoisotopic (exact) mass is 365 g/mol. The van der Waals surface area contributed by atoms with E-state index in [1.165, 1.54) is 27.9 Å². The van der Waals surface area contributed by atoms with Crippen LogP contribution in [-0.2, 0) is 16.6 Å². The highest BCUT2D eigenvalue weighted by Gasteiger charge is 2.32. The van der Waals surface area contributed by atoms with Gasteiger partial charge >= 0.3 is 0 Å². The molecule has 25 heavy (non-hydrogen) atoms. The van der Waals surface area contributed by atoms with Gasteiger partial charge in [0.25, 0.3) is 0 Å². The van der Waals surface area contributed by atoms with Crippen molar-refractivity contribution in [1.29, 1.82) is 0 Å². The Morgan fingerprint density at radius 1 is 1.12 bits per heavy atom. The summed E-state index contributed by atoms with van der Waals surface area (Å²) in [4.78, 5) is 1.37. The number of benzene rings is 2. The molecule has 5 nitrogen and oxygen atoms in total. The zero-order valence-electron chi connectivity index (χ0n) is 14.1. The van der Waals surface area contributed by atoms with Gasteiger partial charge in [-0.25, -0.2) is 12.8 Å². The van der Waals surface area contributed by atoms with Crippen molar-refractivity contribution in [2.75, 3.05) is 33.3 Å². The average molecular weight is 365 g/mol. The maximum absolute atomic E-state index is 13.3. The Morgan fingerprint density at radius 3 is 2.44 bits per heavy atom. The Balaban J connectivity index is 1.69. The molecule has 3 rings (SSSR count). The number of piperazine rings is 1. The molecule has 134 valence electrons. The van der Waals surface area contributed by atoms with Gasteiger partial charge in [0.15, 0.2) is 0 Å². The minimum Gasteiger partial charge on any atom is -0.495 e. The smallest absolute Gasteiger partial charge is 0.247 e. The second-order valence-electron chi connectivity index (χ2n) is 6.11. The zero-order chi connectivity index (χ0) is 17.9. The van der Waals surface area contributed by atoms with Crippen LogP contribution in [0.15, 0.2) is 53.4 Å². The van der Waals surface area contributed by atoms with Gasteiger partial charge in [-0.3, -0.25) is 0 Å². The molecule has 0 spiro atoms. The third-order valence-corrected chi connectivity index (χ3v) is 6.41. The SMILES string of the molecule is COc1cc(F)ccc1S(=O)(=O)N1CC[NH+](Cc2ccccc2)CC1. The third kappa shape index (κ3) is 4.00. The molecule has 0 bridgehead atoms. The van der Waals surface area contributed by atoms with Crippen LogP contribution >= 0.6 is 0 Å². The summed E-state index contributed by atoms with van der Waals surface area (Å²) in [7, 11) is -2.35. The van der Waals surface area contributed by atoms with Crippen LogP contribution < -0.4 is 9.64 Å². The lowest BCUT2D eigenvalue weighted by Gasteiger charge is -2.31. The van der Waals surface area contributed by atoms with E-state index in [1.54, 1.807) is 0 Å². The van der Waals surface area contributed by atoms with Crippen LogP contribution in [0.5, 0.6) is 5.75 Å². The summed E-state index contributed by atoms with van der Waals surface area (Å²) in [6.07, 6.45) is 0. The van der Waals surface area contributed by atoms with Gasteiger partial charge in [0.05, 0.1) is 33.3 Å². The van der Waals surface area contributed by atoms with E-state index < -0.39 is 15.8 Å². The molecule has 1 saturated heterocycles. The predicted molar refractivity (Wildman–Crippen MR) is 92.6 cm³/mol. The molecule has 0 saturated carbocycles. The van der Waals surface area contributed by atoms with E-state index >= 15 is 0 Å². The molecule has 1 aliphatic rings. The quantitative estimate of drug-likeness (QED) is 0.858. The Hall–Kier alpha value is -1.96. The highest BCUT2D eigenvalue weighted by atomic mass is 32.2. The van der Waals surface area contributed by atoms with Crippen molar-refractivity contribution in [3.05, 3.63) is 59.9 Å².